The van der Waals surface area contributed by atoms with Crippen molar-refractivity contribution in [2.24, 2.45) is 0 Å². The van der Waals surface area contributed by atoms with E-state index in [-0.39, 0.29) is 0 Å². The molecule has 4 nitrogen and oxygen atoms in total. The Morgan fingerprint density at radius 3 is 2.54 bits per heavy atom. The Hall–Kier alpha value is -1.32. The summed E-state index contributed by atoms with van der Waals surface area (Å²) in [6, 6.07) is 0. The van der Waals surface area contributed by atoms with Gasteiger partial charge in [0.1, 0.15) is 17.4 Å². The van der Waals surface area contributed by atoms with Crippen LogP contribution >= 0.6 is 0 Å². The lowest BCUT2D eigenvalue weighted by Crippen LogP contribution is -2.24. The molecule has 0 radical (unpaired) electrons. The fourth-order valence-corrected chi connectivity index (χ4v) is 0.821. The summed E-state index contributed by atoms with van der Waals surface area (Å²) in [5.74, 6) is -0.397. The molecule has 0 aliphatic rings. The fourth-order valence-electron chi connectivity index (χ4n) is 0.821. The molecule has 4 heteroatoms. The van der Waals surface area contributed by atoms with Crippen molar-refractivity contribution in [3.05, 3.63) is 17.5 Å². The van der Waals surface area contributed by atoms with Gasteiger partial charge in [-0.3, -0.25) is 0 Å². The van der Waals surface area contributed by atoms with Crippen molar-refractivity contribution in [3.63, 3.8) is 0 Å². The SMILES string of the molecule is Cc1nocc1C(=O)OC(C)(C)C. The van der Waals surface area contributed by atoms with E-state index >= 15 is 0 Å². The summed E-state index contributed by atoms with van der Waals surface area (Å²) in [4.78, 5) is 11.4. The second-order valence-electron chi connectivity index (χ2n) is 3.82. The molecule has 0 atom stereocenters. The van der Waals surface area contributed by atoms with Crippen LogP contribution in [0.1, 0.15) is 36.8 Å². The van der Waals surface area contributed by atoms with Crippen molar-refractivity contribution in [2.45, 2.75) is 33.3 Å². The minimum Gasteiger partial charge on any atom is -0.456 e. The third-order valence-electron chi connectivity index (χ3n) is 1.37. The minimum atomic E-state index is -0.485. The van der Waals surface area contributed by atoms with E-state index in [1.807, 2.05) is 20.8 Å². The summed E-state index contributed by atoms with van der Waals surface area (Å²) in [7, 11) is 0. The van der Waals surface area contributed by atoms with Gasteiger partial charge in [0.05, 0.1) is 5.69 Å². The van der Waals surface area contributed by atoms with Crippen LogP contribution in [0.15, 0.2) is 10.8 Å². The maximum Gasteiger partial charge on any atom is 0.343 e. The molecule has 0 saturated carbocycles. The minimum absolute atomic E-state index is 0.384. The number of aryl methyl sites for hydroxylation is 1. The van der Waals surface area contributed by atoms with Crippen molar-refractivity contribution >= 4 is 5.97 Å². The summed E-state index contributed by atoms with van der Waals surface area (Å²) in [6.45, 7) is 7.14. The van der Waals surface area contributed by atoms with Gasteiger partial charge in [0.25, 0.3) is 0 Å². The van der Waals surface area contributed by atoms with Gasteiger partial charge in [-0.2, -0.15) is 0 Å². The Labute approximate surface area is 76.9 Å². The zero-order valence-corrected chi connectivity index (χ0v) is 8.25. The lowest BCUT2D eigenvalue weighted by atomic mass is 10.2. The second-order valence-corrected chi connectivity index (χ2v) is 3.82. The first-order valence-corrected chi connectivity index (χ1v) is 4.04. The smallest absolute Gasteiger partial charge is 0.343 e. The quantitative estimate of drug-likeness (QED) is 0.624. The number of carbonyl (C=O) groups is 1. The van der Waals surface area contributed by atoms with Gasteiger partial charge in [-0.15, -0.1) is 0 Å². The number of ether oxygens (including phenoxy) is 1. The summed E-state index contributed by atoms with van der Waals surface area (Å²) in [5.41, 5.74) is 0.449. The number of nitrogens with zero attached hydrogens (tertiary/aromatic N) is 1. The second kappa shape index (κ2) is 3.20. The van der Waals surface area contributed by atoms with Crippen LogP contribution in [-0.2, 0) is 4.74 Å². The van der Waals surface area contributed by atoms with Gasteiger partial charge in [-0.1, -0.05) is 5.16 Å². The molecule has 0 bridgehead atoms. The Kier molecular flexibility index (Phi) is 2.40. The van der Waals surface area contributed by atoms with E-state index in [0.29, 0.717) is 11.3 Å². The number of hydrogen-bond donors (Lipinski definition) is 0. The van der Waals surface area contributed by atoms with Gasteiger partial charge in [0.2, 0.25) is 0 Å². The molecule has 0 aliphatic heterocycles. The van der Waals surface area contributed by atoms with E-state index in [2.05, 4.69) is 9.68 Å². The largest absolute Gasteiger partial charge is 0.456 e. The molecule has 13 heavy (non-hydrogen) atoms. The third kappa shape index (κ3) is 2.57. The average molecular weight is 183 g/mol. The van der Waals surface area contributed by atoms with Crippen LogP contribution in [0.2, 0.25) is 0 Å². The molecule has 0 aliphatic carbocycles. The molecule has 1 rings (SSSR count). The molecule has 0 aromatic carbocycles. The van der Waals surface area contributed by atoms with Crippen LogP contribution < -0.4 is 0 Å². The Morgan fingerprint density at radius 1 is 1.54 bits per heavy atom. The van der Waals surface area contributed by atoms with Crippen molar-refractivity contribution in [3.8, 4) is 0 Å². The number of aromatic nitrogens is 1. The Balaban J connectivity index is 2.76. The molecule has 1 heterocycles. The molecule has 0 fully saturated rings. The van der Waals surface area contributed by atoms with Gasteiger partial charge >= 0.3 is 5.97 Å². The molecule has 0 N–H and O–H groups in total. The first-order valence-electron chi connectivity index (χ1n) is 4.04. The van der Waals surface area contributed by atoms with Crippen molar-refractivity contribution < 1.29 is 14.1 Å². The van der Waals surface area contributed by atoms with Gasteiger partial charge in [-0.05, 0) is 27.7 Å². The molecule has 0 spiro atoms. The summed E-state index contributed by atoms with van der Waals surface area (Å²) < 4.78 is 9.75. The molecule has 0 saturated heterocycles. The van der Waals surface area contributed by atoms with Gasteiger partial charge in [-0.25, -0.2) is 4.79 Å². The highest BCUT2D eigenvalue weighted by atomic mass is 16.6. The zero-order chi connectivity index (χ0) is 10.1. The normalized spacial score (nSPS) is 11.4. The van der Waals surface area contributed by atoms with E-state index in [4.69, 9.17) is 4.74 Å². The lowest BCUT2D eigenvalue weighted by Gasteiger charge is -2.18. The van der Waals surface area contributed by atoms with Crippen LogP contribution in [0.4, 0.5) is 0 Å². The van der Waals surface area contributed by atoms with Crippen molar-refractivity contribution in [2.75, 3.05) is 0 Å². The first kappa shape index (κ1) is 9.77. The van der Waals surface area contributed by atoms with Crippen molar-refractivity contribution in [1.82, 2.24) is 5.16 Å². The zero-order valence-electron chi connectivity index (χ0n) is 8.25. The number of hydrogen-bond acceptors (Lipinski definition) is 4. The Bertz CT molecular complexity index is 309. The standard InChI is InChI=1S/C9H13NO3/c1-6-7(5-12-10-6)8(11)13-9(2,3)4/h5H,1-4H3. The van der Waals surface area contributed by atoms with E-state index in [1.165, 1.54) is 6.26 Å². The summed E-state index contributed by atoms with van der Waals surface area (Å²) >= 11 is 0. The maximum atomic E-state index is 11.4. The highest BCUT2D eigenvalue weighted by Crippen LogP contribution is 2.13. The molecule has 0 amide bonds. The van der Waals surface area contributed by atoms with Crippen LogP contribution in [0.5, 0.6) is 0 Å². The summed E-state index contributed by atoms with van der Waals surface area (Å²) in [6.07, 6.45) is 1.30. The number of carbonyl (C=O) groups excluding carboxylic acids is 1. The molecule has 1 aromatic rings. The maximum absolute atomic E-state index is 11.4. The predicted octanol–water partition coefficient (Wildman–Crippen LogP) is 1.94. The highest BCUT2D eigenvalue weighted by Gasteiger charge is 2.20. The molecule has 0 unspecified atom stereocenters. The monoisotopic (exact) mass is 183 g/mol. The van der Waals surface area contributed by atoms with Crippen LogP contribution in [0.25, 0.3) is 0 Å². The van der Waals surface area contributed by atoms with Crippen LogP contribution in [-0.4, -0.2) is 16.7 Å². The molecule has 72 valence electrons. The number of esters is 1. The first-order chi connectivity index (χ1) is 5.90. The fraction of sp³-hybridized carbons (Fsp3) is 0.556. The predicted molar refractivity (Wildman–Crippen MR) is 46.4 cm³/mol. The van der Waals surface area contributed by atoms with E-state index in [1.54, 1.807) is 6.92 Å². The van der Waals surface area contributed by atoms with E-state index < -0.39 is 11.6 Å². The van der Waals surface area contributed by atoms with Crippen LogP contribution in [0, 0.1) is 6.92 Å². The third-order valence-corrected chi connectivity index (χ3v) is 1.37. The molecular formula is C9H13NO3. The Morgan fingerprint density at radius 2 is 2.15 bits per heavy atom. The lowest BCUT2D eigenvalue weighted by molar-refractivity contribution is 0.00682. The highest BCUT2D eigenvalue weighted by molar-refractivity contribution is 5.90. The molecule has 1 aromatic heterocycles. The summed E-state index contributed by atoms with van der Waals surface area (Å²) in [5, 5.41) is 3.59. The van der Waals surface area contributed by atoms with Crippen LogP contribution in [0.3, 0.4) is 0 Å². The van der Waals surface area contributed by atoms with Gasteiger partial charge in [0.15, 0.2) is 0 Å². The van der Waals surface area contributed by atoms with E-state index in [0.717, 1.165) is 0 Å². The molecular weight excluding hydrogens is 170 g/mol. The average Bonchev–Trinajstić information content (AvgIpc) is 2.30. The van der Waals surface area contributed by atoms with Crippen molar-refractivity contribution in [1.29, 1.82) is 0 Å². The van der Waals surface area contributed by atoms with Gasteiger partial charge in [0, 0.05) is 0 Å². The van der Waals surface area contributed by atoms with Gasteiger partial charge < -0.3 is 9.26 Å². The van der Waals surface area contributed by atoms with E-state index in [9.17, 15) is 4.79 Å². The topological polar surface area (TPSA) is 52.3 Å². The number of rotatable bonds is 1.